The Hall–Kier alpha value is -1.18. The number of benzene rings is 1. The number of nitro benzene ring substituents is 1. The minimum Gasteiger partial charge on any atom is -0.481 e. The third kappa shape index (κ3) is 2.69. The first-order valence-corrected chi connectivity index (χ1v) is 5.71. The lowest BCUT2D eigenvalue weighted by molar-refractivity contribution is -0.385. The van der Waals surface area contributed by atoms with Gasteiger partial charge in [-0.3, -0.25) is 14.9 Å². The number of hydrogen-bond donors (Lipinski definition) is 1. The molecule has 0 aliphatic rings. The maximum Gasteiger partial charge on any atom is 0.310 e. The van der Waals surface area contributed by atoms with Gasteiger partial charge in [0.1, 0.15) is 0 Å². The fraction of sp³-hybridized carbons (Fsp3) is 0.300. The molecule has 5 nitrogen and oxygen atoms in total. The summed E-state index contributed by atoms with van der Waals surface area (Å²) < 4.78 is 0.612. The number of carboxylic acid groups (broad SMARTS) is 1. The van der Waals surface area contributed by atoms with Gasteiger partial charge in [0.25, 0.3) is 5.69 Å². The van der Waals surface area contributed by atoms with E-state index in [9.17, 15) is 14.9 Å². The average molecular weight is 335 g/mol. The summed E-state index contributed by atoms with van der Waals surface area (Å²) >= 11 is 1.92. The number of nitrogens with zero attached hydrogens (tertiary/aromatic N) is 1. The van der Waals surface area contributed by atoms with Gasteiger partial charge >= 0.3 is 5.97 Å². The van der Waals surface area contributed by atoms with Crippen LogP contribution in [0.2, 0.25) is 0 Å². The van der Waals surface area contributed by atoms with Gasteiger partial charge in [-0.15, -0.1) is 0 Å². The summed E-state index contributed by atoms with van der Waals surface area (Å²) in [5, 5.41) is 19.5. The highest BCUT2D eigenvalue weighted by Crippen LogP contribution is 2.28. The first-order valence-electron chi connectivity index (χ1n) is 4.64. The maximum atomic E-state index is 11.0. The van der Waals surface area contributed by atoms with E-state index in [2.05, 4.69) is 0 Å². The highest BCUT2D eigenvalue weighted by molar-refractivity contribution is 14.1. The van der Waals surface area contributed by atoms with Gasteiger partial charge in [0.2, 0.25) is 0 Å². The Bertz CT molecular complexity index is 433. The van der Waals surface area contributed by atoms with Crippen LogP contribution in [0.25, 0.3) is 0 Å². The van der Waals surface area contributed by atoms with Gasteiger partial charge in [-0.2, -0.15) is 0 Å². The number of halogens is 1. The van der Waals surface area contributed by atoms with Crippen LogP contribution in [0.1, 0.15) is 24.8 Å². The molecular weight excluding hydrogens is 325 g/mol. The molecule has 0 fully saturated rings. The van der Waals surface area contributed by atoms with E-state index in [0.29, 0.717) is 15.6 Å². The van der Waals surface area contributed by atoms with Gasteiger partial charge in [-0.05, 0) is 34.6 Å². The predicted molar refractivity (Wildman–Crippen MR) is 66.5 cm³/mol. The number of carboxylic acids is 1. The van der Waals surface area contributed by atoms with Crippen LogP contribution in [0.5, 0.6) is 0 Å². The summed E-state index contributed by atoms with van der Waals surface area (Å²) in [5.74, 6) is -1.51. The number of carbonyl (C=O) groups is 1. The second kappa shape index (κ2) is 5.24. The third-order valence-corrected chi connectivity index (χ3v) is 3.21. The fourth-order valence-electron chi connectivity index (χ4n) is 1.44. The average Bonchev–Trinajstić information content (AvgIpc) is 2.20. The molecule has 0 heterocycles. The SMILES string of the molecule is CCC(C(=O)O)c1ccc([N+](=O)[O-])cc1I. The smallest absolute Gasteiger partial charge is 0.310 e. The minimum atomic E-state index is -0.908. The first kappa shape index (κ1) is 12.9. The molecule has 0 aliphatic heterocycles. The van der Waals surface area contributed by atoms with E-state index >= 15 is 0 Å². The van der Waals surface area contributed by atoms with Crippen molar-refractivity contribution in [3.8, 4) is 0 Å². The van der Waals surface area contributed by atoms with Crippen LogP contribution in [0.15, 0.2) is 18.2 Å². The molecule has 0 spiro atoms. The molecule has 0 amide bonds. The zero-order valence-corrected chi connectivity index (χ0v) is 10.7. The second-order valence-electron chi connectivity index (χ2n) is 3.26. The molecule has 86 valence electrons. The van der Waals surface area contributed by atoms with Crippen molar-refractivity contribution in [2.45, 2.75) is 19.3 Å². The molecule has 0 radical (unpaired) electrons. The first-order chi connectivity index (χ1) is 7.47. The van der Waals surface area contributed by atoms with Crippen LogP contribution in [0, 0.1) is 13.7 Å². The quantitative estimate of drug-likeness (QED) is 0.521. The van der Waals surface area contributed by atoms with Crippen molar-refractivity contribution in [1.82, 2.24) is 0 Å². The van der Waals surface area contributed by atoms with Gasteiger partial charge in [-0.25, -0.2) is 0 Å². The standard InChI is InChI=1S/C10H10INO4/c1-2-7(10(13)14)8-4-3-6(12(15)16)5-9(8)11/h3-5,7H,2H2,1H3,(H,13,14). The van der Waals surface area contributed by atoms with E-state index < -0.39 is 16.8 Å². The van der Waals surface area contributed by atoms with Crippen molar-refractivity contribution in [3.63, 3.8) is 0 Å². The van der Waals surface area contributed by atoms with E-state index in [0.717, 1.165) is 0 Å². The monoisotopic (exact) mass is 335 g/mol. The Morgan fingerprint density at radius 1 is 1.62 bits per heavy atom. The minimum absolute atomic E-state index is 0.0200. The molecule has 6 heteroatoms. The maximum absolute atomic E-state index is 11.0. The molecule has 0 bridgehead atoms. The third-order valence-electron chi connectivity index (χ3n) is 2.28. The number of aliphatic carboxylic acids is 1. The number of hydrogen-bond acceptors (Lipinski definition) is 3. The van der Waals surface area contributed by atoms with E-state index in [4.69, 9.17) is 5.11 Å². The Morgan fingerprint density at radius 2 is 2.25 bits per heavy atom. The van der Waals surface area contributed by atoms with Crippen molar-refractivity contribution >= 4 is 34.2 Å². The Kier molecular flexibility index (Phi) is 4.22. The van der Waals surface area contributed by atoms with Crippen molar-refractivity contribution < 1.29 is 14.8 Å². The van der Waals surface area contributed by atoms with Gasteiger partial charge in [-0.1, -0.05) is 13.0 Å². The number of rotatable bonds is 4. The summed E-state index contributed by atoms with van der Waals surface area (Å²) in [6, 6.07) is 4.24. The van der Waals surface area contributed by atoms with Crippen molar-refractivity contribution in [2.24, 2.45) is 0 Å². The highest BCUT2D eigenvalue weighted by Gasteiger charge is 2.21. The van der Waals surface area contributed by atoms with Crippen LogP contribution in [0.4, 0.5) is 5.69 Å². The number of non-ortho nitro benzene ring substituents is 1. The van der Waals surface area contributed by atoms with E-state index in [1.165, 1.54) is 18.2 Å². The fourth-order valence-corrected chi connectivity index (χ4v) is 2.31. The Labute approximate surface area is 106 Å². The molecule has 0 saturated carbocycles. The molecule has 1 rings (SSSR count). The number of nitro groups is 1. The van der Waals surface area contributed by atoms with Crippen LogP contribution in [0.3, 0.4) is 0 Å². The van der Waals surface area contributed by atoms with Gasteiger partial charge < -0.3 is 5.11 Å². The van der Waals surface area contributed by atoms with Gasteiger partial charge in [0, 0.05) is 15.7 Å². The van der Waals surface area contributed by atoms with Crippen molar-refractivity contribution in [1.29, 1.82) is 0 Å². The lowest BCUT2D eigenvalue weighted by Crippen LogP contribution is -2.12. The highest BCUT2D eigenvalue weighted by atomic mass is 127. The molecule has 1 N–H and O–H groups in total. The molecule has 1 atom stereocenters. The van der Waals surface area contributed by atoms with Crippen LogP contribution >= 0.6 is 22.6 Å². The summed E-state index contributed by atoms with van der Waals surface area (Å²) in [5.41, 5.74) is 0.606. The molecule has 1 aromatic carbocycles. The lowest BCUT2D eigenvalue weighted by Gasteiger charge is -2.11. The van der Waals surface area contributed by atoms with E-state index in [-0.39, 0.29) is 5.69 Å². The zero-order valence-electron chi connectivity index (χ0n) is 8.51. The van der Waals surface area contributed by atoms with Crippen LogP contribution < -0.4 is 0 Å². The molecular formula is C10H10INO4. The molecule has 0 saturated heterocycles. The zero-order chi connectivity index (χ0) is 12.3. The Balaban J connectivity index is 3.16. The normalized spacial score (nSPS) is 12.1. The molecule has 1 unspecified atom stereocenters. The van der Waals surface area contributed by atoms with Crippen molar-refractivity contribution in [2.75, 3.05) is 0 Å². The largest absolute Gasteiger partial charge is 0.481 e. The summed E-state index contributed by atoms with van der Waals surface area (Å²) in [6.45, 7) is 1.77. The molecule has 16 heavy (non-hydrogen) atoms. The summed E-state index contributed by atoms with van der Waals surface area (Å²) in [4.78, 5) is 21.0. The summed E-state index contributed by atoms with van der Waals surface area (Å²) in [6.07, 6.45) is 0.461. The van der Waals surface area contributed by atoms with E-state index in [1.54, 1.807) is 6.92 Å². The molecule has 0 aliphatic carbocycles. The summed E-state index contributed by atoms with van der Waals surface area (Å²) in [7, 11) is 0. The van der Waals surface area contributed by atoms with Crippen LogP contribution in [-0.2, 0) is 4.79 Å². The predicted octanol–water partition coefficient (Wildman–Crippen LogP) is 2.78. The van der Waals surface area contributed by atoms with Gasteiger partial charge in [0.05, 0.1) is 10.8 Å². The molecule has 0 aromatic heterocycles. The van der Waals surface area contributed by atoms with Gasteiger partial charge in [0.15, 0.2) is 0 Å². The van der Waals surface area contributed by atoms with Crippen LogP contribution in [-0.4, -0.2) is 16.0 Å². The Morgan fingerprint density at radius 3 is 2.62 bits per heavy atom. The topological polar surface area (TPSA) is 80.4 Å². The van der Waals surface area contributed by atoms with E-state index in [1.807, 2.05) is 22.6 Å². The van der Waals surface area contributed by atoms with Crippen molar-refractivity contribution in [3.05, 3.63) is 37.4 Å². The molecule has 1 aromatic rings. The lowest BCUT2D eigenvalue weighted by atomic mass is 9.96. The second-order valence-corrected chi connectivity index (χ2v) is 4.42.